The van der Waals surface area contributed by atoms with E-state index in [1.807, 2.05) is 0 Å². The van der Waals surface area contributed by atoms with Crippen LogP contribution in [0.5, 0.6) is 0 Å². The third-order valence-electron chi connectivity index (χ3n) is 7.70. The van der Waals surface area contributed by atoms with E-state index in [1.165, 1.54) is 205 Å². The fraction of sp³-hybridized carbons (Fsp3) is 0.971. The molecule has 0 unspecified atom stereocenters. The number of carboxylic acids is 1. The molecule has 0 aliphatic heterocycles. The summed E-state index contributed by atoms with van der Waals surface area (Å²) < 4.78 is 1.51. The average Bonchev–Trinajstić information content (AvgIpc) is 2.89. The van der Waals surface area contributed by atoms with Gasteiger partial charge in [0.25, 0.3) is 0 Å². The second-order valence-corrected chi connectivity index (χ2v) is 12.7. The summed E-state index contributed by atoms with van der Waals surface area (Å²) in [4.78, 5) is 10.3. The SMILES string of the molecule is CCCCCCCCCCCCCCCCCC(=O)O.CCCCCCCCCCCCCCC[CH2][Na]. The minimum atomic E-state index is -0.653. The van der Waals surface area contributed by atoms with Crippen LogP contribution >= 0.6 is 0 Å². The molecular weight excluding hydrogens is 463 g/mol. The predicted molar refractivity (Wildman–Crippen MR) is 168 cm³/mol. The summed E-state index contributed by atoms with van der Waals surface area (Å²) in [5.74, 6) is -0.653. The van der Waals surface area contributed by atoms with E-state index in [1.54, 1.807) is 0 Å². The second kappa shape index (κ2) is 38.6. The maximum atomic E-state index is 10.3. The van der Waals surface area contributed by atoms with E-state index in [-0.39, 0.29) is 0 Å². The van der Waals surface area contributed by atoms with Crippen LogP contribution in [0.2, 0.25) is 3.67 Å². The van der Waals surface area contributed by atoms with Gasteiger partial charge in [-0.1, -0.05) is 123 Å². The van der Waals surface area contributed by atoms with Gasteiger partial charge in [-0.25, -0.2) is 0 Å². The summed E-state index contributed by atoms with van der Waals surface area (Å²) in [6.45, 7) is 4.56. The molecule has 0 amide bonds. The van der Waals surface area contributed by atoms with Crippen molar-refractivity contribution in [2.45, 2.75) is 210 Å². The topological polar surface area (TPSA) is 37.3 Å². The van der Waals surface area contributed by atoms with Crippen molar-refractivity contribution in [2.75, 3.05) is 0 Å². The Morgan fingerprint density at radius 3 is 0.838 bits per heavy atom. The van der Waals surface area contributed by atoms with Crippen LogP contribution < -0.4 is 0 Å². The molecular formula is C34H69NaO2. The Balaban J connectivity index is 0. The van der Waals surface area contributed by atoms with Crippen molar-refractivity contribution in [1.29, 1.82) is 0 Å². The van der Waals surface area contributed by atoms with Crippen LogP contribution in [0.3, 0.4) is 0 Å². The number of hydrogen-bond donors (Lipinski definition) is 1. The molecule has 0 aromatic rings. The fourth-order valence-corrected chi connectivity index (χ4v) is 5.59. The third-order valence-corrected chi connectivity index (χ3v) is 8.41. The second-order valence-electron chi connectivity index (χ2n) is 11.7. The van der Waals surface area contributed by atoms with Gasteiger partial charge >= 0.3 is 108 Å². The molecule has 0 bridgehead atoms. The first-order chi connectivity index (χ1) is 18.2. The van der Waals surface area contributed by atoms with Crippen molar-refractivity contribution < 1.29 is 9.90 Å². The molecule has 0 fully saturated rings. The Bertz CT molecular complexity index is 385. The van der Waals surface area contributed by atoms with E-state index in [2.05, 4.69) is 13.8 Å². The summed E-state index contributed by atoms with van der Waals surface area (Å²) in [5, 5.41) is 8.52. The number of carbonyl (C=O) groups is 1. The molecule has 0 atom stereocenters. The Labute approximate surface area is 252 Å². The number of unbranched alkanes of at least 4 members (excludes halogenated alkanes) is 27. The van der Waals surface area contributed by atoms with Crippen LogP contribution in [-0.2, 0) is 4.79 Å². The molecule has 0 aromatic heterocycles. The van der Waals surface area contributed by atoms with E-state index in [4.69, 9.17) is 5.11 Å². The summed E-state index contributed by atoms with van der Waals surface area (Å²) >= 11 is 1.41. The molecule has 2 nitrogen and oxygen atoms in total. The molecule has 0 radical (unpaired) electrons. The maximum absolute atomic E-state index is 10.3. The molecule has 0 aromatic carbocycles. The summed E-state index contributed by atoms with van der Waals surface area (Å²) in [7, 11) is 0. The zero-order valence-electron chi connectivity index (χ0n) is 26.3. The standard InChI is InChI=1S/C18H36O2.C16H33.Na/c1-2-3-4-5-6-7-8-9-10-11-12-13-14-15-16-17-18(19)20;1-3-5-7-9-11-13-15-16-14-12-10-8-6-4-2;/h2-17H2,1H3,(H,19,20);1,3-16H2,2H3;. The van der Waals surface area contributed by atoms with Gasteiger partial charge in [-0.15, -0.1) is 0 Å². The third kappa shape index (κ3) is 43.8. The van der Waals surface area contributed by atoms with Crippen molar-refractivity contribution in [2.24, 2.45) is 0 Å². The van der Waals surface area contributed by atoms with Gasteiger partial charge in [0.1, 0.15) is 0 Å². The zero-order chi connectivity index (χ0) is 27.5. The number of aliphatic carboxylic acids is 1. The Kier molecular flexibility index (Phi) is 41.3. The van der Waals surface area contributed by atoms with Gasteiger partial charge in [0.05, 0.1) is 0 Å². The van der Waals surface area contributed by atoms with Crippen LogP contribution in [-0.4, -0.2) is 39.0 Å². The van der Waals surface area contributed by atoms with Gasteiger partial charge in [0, 0.05) is 6.42 Å². The Hall–Kier alpha value is 0.470. The van der Waals surface area contributed by atoms with Crippen molar-refractivity contribution in [1.82, 2.24) is 0 Å². The Morgan fingerprint density at radius 2 is 0.622 bits per heavy atom. The molecule has 0 saturated heterocycles. The molecule has 3 heteroatoms. The van der Waals surface area contributed by atoms with E-state index in [9.17, 15) is 4.79 Å². The average molecular weight is 533 g/mol. The van der Waals surface area contributed by atoms with Crippen molar-refractivity contribution >= 4 is 33.9 Å². The van der Waals surface area contributed by atoms with E-state index in [0.717, 1.165) is 12.8 Å². The molecule has 0 saturated carbocycles. The quantitative estimate of drug-likeness (QED) is 0.0737. The summed E-state index contributed by atoms with van der Waals surface area (Å²) in [6, 6.07) is 0. The number of carboxylic acid groups (broad SMARTS) is 1. The minimum absolute atomic E-state index is 0.345. The number of hydrogen-bond acceptors (Lipinski definition) is 1. The van der Waals surface area contributed by atoms with Crippen molar-refractivity contribution in [3.8, 4) is 0 Å². The van der Waals surface area contributed by atoms with Crippen LogP contribution in [0.4, 0.5) is 0 Å². The Morgan fingerprint density at radius 1 is 0.405 bits per heavy atom. The van der Waals surface area contributed by atoms with E-state index in [0.29, 0.717) is 6.42 Å². The first kappa shape index (κ1) is 39.6. The zero-order valence-corrected chi connectivity index (χ0v) is 28.3. The van der Waals surface area contributed by atoms with Gasteiger partial charge in [-0.05, 0) is 6.42 Å². The van der Waals surface area contributed by atoms with Crippen LogP contribution in [0, 0.1) is 0 Å². The van der Waals surface area contributed by atoms with Gasteiger partial charge in [0.15, 0.2) is 0 Å². The molecule has 0 aliphatic rings. The number of rotatable bonds is 30. The van der Waals surface area contributed by atoms with Gasteiger partial charge in [-0.2, -0.15) is 0 Å². The molecule has 0 spiro atoms. The van der Waals surface area contributed by atoms with E-state index >= 15 is 0 Å². The van der Waals surface area contributed by atoms with E-state index < -0.39 is 5.97 Å². The first-order valence-corrected chi connectivity index (χ1v) is 18.8. The molecule has 37 heavy (non-hydrogen) atoms. The summed E-state index contributed by atoms with van der Waals surface area (Å²) in [5.41, 5.74) is 0. The van der Waals surface area contributed by atoms with Crippen molar-refractivity contribution in [3.63, 3.8) is 0 Å². The first-order valence-electron chi connectivity index (χ1n) is 17.4. The molecule has 218 valence electrons. The normalized spacial score (nSPS) is 10.9. The van der Waals surface area contributed by atoms with Crippen molar-refractivity contribution in [3.05, 3.63) is 0 Å². The van der Waals surface area contributed by atoms with Gasteiger partial charge in [0.2, 0.25) is 0 Å². The van der Waals surface area contributed by atoms with Crippen LogP contribution in [0.15, 0.2) is 0 Å². The van der Waals surface area contributed by atoms with Gasteiger partial charge < -0.3 is 5.11 Å². The van der Waals surface area contributed by atoms with Crippen LogP contribution in [0.25, 0.3) is 0 Å². The summed E-state index contributed by atoms with van der Waals surface area (Å²) in [6.07, 6.45) is 40.9. The molecule has 0 aliphatic carbocycles. The molecule has 0 heterocycles. The fourth-order valence-electron chi connectivity index (χ4n) is 5.09. The molecule has 0 rings (SSSR count). The van der Waals surface area contributed by atoms with Gasteiger partial charge in [-0.3, -0.25) is 4.79 Å². The predicted octanol–water partition coefficient (Wildman–Crippen LogP) is 12.4. The monoisotopic (exact) mass is 533 g/mol. The molecule has 1 N–H and O–H groups in total. The van der Waals surface area contributed by atoms with Crippen LogP contribution in [0.1, 0.15) is 206 Å².